The zero-order chi connectivity index (χ0) is 10.7. The summed E-state index contributed by atoms with van der Waals surface area (Å²) < 4.78 is 0. The molecule has 0 aliphatic rings. The maximum atomic E-state index is 10.7. The van der Waals surface area contributed by atoms with Crippen molar-refractivity contribution in [3.63, 3.8) is 0 Å². The Morgan fingerprint density at radius 1 is 1.50 bits per heavy atom. The highest BCUT2D eigenvalue weighted by Crippen LogP contribution is 2.31. The molecule has 2 nitrogen and oxygen atoms in total. The smallest absolute Gasteiger partial charge is 0.218 e. The van der Waals surface area contributed by atoms with Crippen LogP contribution in [0.4, 0.5) is 0 Å². The van der Waals surface area contributed by atoms with E-state index in [4.69, 9.17) is 28.9 Å². The number of halogens is 2. The summed E-state index contributed by atoms with van der Waals surface area (Å²) in [5.41, 5.74) is 5.96. The molecular formula is C10H11Cl2NO. The van der Waals surface area contributed by atoms with E-state index in [1.54, 1.807) is 12.1 Å². The van der Waals surface area contributed by atoms with Gasteiger partial charge in [-0.15, -0.1) is 0 Å². The standard InChI is InChI=1S/C10H11Cl2NO/c1-6(5-9(13)14)7-3-2-4-8(11)10(7)12/h2-4,6H,5H2,1H3,(H2,13,14). The van der Waals surface area contributed by atoms with E-state index in [0.29, 0.717) is 10.0 Å². The highest BCUT2D eigenvalue weighted by atomic mass is 35.5. The Morgan fingerprint density at radius 3 is 2.71 bits per heavy atom. The van der Waals surface area contributed by atoms with Crippen LogP contribution in [0.3, 0.4) is 0 Å². The molecular weight excluding hydrogens is 221 g/mol. The molecule has 1 aromatic carbocycles. The summed E-state index contributed by atoms with van der Waals surface area (Å²) in [5, 5.41) is 1.00. The van der Waals surface area contributed by atoms with E-state index in [2.05, 4.69) is 0 Å². The van der Waals surface area contributed by atoms with Gasteiger partial charge in [-0.1, -0.05) is 42.3 Å². The highest BCUT2D eigenvalue weighted by Gasteiger charge is 2.13. The van der Waals surface area contributed by atoms with Crippen LogP contribution in [0.2, 0.25) is 10.0 Å². The van der Waals surface area contributed by atoms with Gasteiger partial charge < -0.3 is 5.73 Å². The van der Waals surface area contributed by atoms with Gasteiger partial charge in [0.2, 0.25) is 5.91 Å². The molecule has 4 heteroatoms. The summed E-state index contributed by atoms with van der Waals surface area (Å²) in [6, 6.07) is 5.37. The maximum absolute atomic E-state index is 10.7. The molecule has 1 aromatic rings. The second-order valence-corrected chi connectivity index (χ2v) is 4.00. The normalized spacial score (nSPS) is 12.5. The van der Waals surface area contributed by atoms with Crippen LogP contribution < -0.4 is 5.73 Å². The molecule has 14 heavy (non-hydrogen) atoms. The van der Waals surface area contributed by atoms with Crippen molar-refractivity contribution < 1.29 is 4.79 Å². The Bertz CT molecular complexity index is 352. The topological polar surface area (TPSA) is 43.1 Å². The fourth-order valence-electron chi connectivity index (χ4n) is 1.31. The third kappa shape index (κ3) is 2.63. The Labute approximate surface area is 93.0 Å². The van der Waals surface area contributed by atoms with E-state index < -0.39 is 0 Å². The Hall–Kier alpha value is -0.730. The molecule has 0 saturated heterocycles. The van der Waals surface area contributed by atoms with Gasteiger partial charge in [0.15, 0.2) is 0 Å². The minimum Gasteiger partial charge on any atom is -0.370 e. The van der Waals surface area contributed by atoms with Crippen molar-refractivity contribution in [2.75, 3.05) is 0 Å². The van der Waals surface area contributed by atoms with Crippen molar-refractivity contribution in [3.8, 4) is 0 Å². The van der Waals surface area contributed by atoms with Crippen LogP contribution in [0.25, 0.3) is 0 Å². The van der Waals surface area contributed by atoms with E-state index in [-0.39, 0.29) is 18.2 Å². The molecule has 0 aliphatic heterocycles. The van der Waals surface area contributed by atoms with Crippen LogP contribution in [0, 0.1) is 0 Å². The van der Waals surface area contributed by atoms with Gasteiger partial charge in [-0.25, -0.2) is 0 Å². The zero-order valence-corrected chi connectivity index (χ0v) is 9.27. The number of rotatable bonds is 3. The number of nitrogens with two attached hydrogens (primary N) is 1. The lowest BCUT2D eigenvalue weighted by atomic mass is 9.97. The lowest BCUT2D eigenvalue weighted by molar-refractivity contribution is -0.118. The molecule has 2 N–H and O–H groups in total. The van der Waals surface area contributed by atoms with Gasteiger partial charge in [-0.3, -0.25) is 4.79 Å². The molecule has 0 bridgehead atoms. The molecule has 0 radical (unpaired) electrons. The molecule has 76 valence electrons. The number of amides is 1. The van der Waals surface area contributed by atoms with Crippen molar-refractivity contribution in [2.45, 2.75) is 19.3 Å². The third-order valence-electron chi connectivity index (χ3n) is 2.02. The second kappa shape index (κ2) is 4.67. The molecule has 1 unspecified atom stereocenters. The Balaban J connectivity index is 2.95. The first-order chi connectivity index (χ1) is 6.52. The Morgan fingerprint density at radius 2 is 2.14 bits per heavy atom. The van der Waals surface area contributed by atoms with Crippen LogP contribution in [0.5, 0.6) is 0 Å². The highest BCUT2D eigenvalue weighted by molar-refractivity contribution is 6.42. The van der Waals surface area contributed by atoms with E-state index in [0.717, 1.165) is 5.56 Å². The molecule has 0 saturated carbocycles. The van der Waals surface area contributed by atoms with Gasteiger partial charge in [0.1, 0.15) is 0 Å². The molecule has 0 heterocycles. The molecule has 0 aliphatic carbocycles. The van der Waals surface area contributed by atoms with Crippen molar-refractivity contribution >= 4 is 29.1 Å². The van der Waals surface area contributed by atoms with Crippen LogP contribution in [-0.2, 0) is 4.79 Å². The summed E-state index contributed by atoms with van der Waals surface area (Å²) in [4.78, 5) is 10.7. The molecule has 1 rings (SSSR count). The summed E-state index contributed by atoms with van der Waals surface area (Å²) in [7, 11) is 0. The quantitative estimate of drug-likeness (QED) is 0.855. The van der Waals surface area contributed by atoms with Crippen molar-refractivity contribution in [2.24, 2.45) is 5.73 Å². The van der Waals surface area contributed by atoms with Gasteiger partial charge in [-0.2, -0.15) is 0 Å². The SMILES string of the molecule is CC(CC(N)=O)c1cccc(Cl)c1Cl. The van der Waals surface area contributed by atoms with Gasteiger partial charge in [-0.05, 0) is 17.5 Å². The van der Waals surface area contributed by atoms with Crippen LogP contribution in [0.1, 0.15) is 24.8 Å². The number of primary amides is 1. The average Bonchev–Trinajstić information content (AvgIpc) is 2.08. The summed E-state index contributed by atoms with van der Waals surface area (Å²) in [6.45, 7) is 1.89. The minimum absolute atomic E-state index is 0.00120. The fourth-order valence-corrected chi connectivity index (χ4v) is 1.81. The predicted octanol–water partition coefficient (Wildman–Crippen LogP) is 2.97. The first-order valence-corrected chi connectivity index (χ1v) is 5.00. The molecule has 1 amide bonds. The van der Waals surface area contributed by atoms with Gasteiger partial charge in [0.05, 0.1) is 10.0 Å². The number of benzene rings is 1. The van der Waals surface area contributed by atoms with E-state index >= 15 is 0 Å². The van der Waals surface area contributed by atoms with E-state index in [1.165, 1.54) is 0 Å². The number of carbonyl (C=O) groups excluding carboxylic acids is 1. The third-order valence-corrected chi connectivity index (χ3v) is 2.85. The lowest BCUT2D eigenvalue weighted by Crippen LogP contribution is -2.13. The lowest BCUT2D eigenvalue weighted by Gasteiger charge is -2.12. The van der Waals surface area contributed by atoms with Gasteiger partial charge in [0.25, 0.3) is 0 Å². The van der Waals surface area contributed by atoms with Gasteiger partial charge in [0, 0.05) is 6.42 Å². The fraction of sp³-hybridized carbons (Fsp3) is 0.300. The predicted molar refractivity (Wildman–Crippen MR) is 58.7 cm³/mol. The van der Waals surface area contributed by atoms with Crippen molar-refractivity contribution in [3.05, 3.63) is 33.8 Å². The molecule has 0 fully saturated rings. The summed E-state index contributed by atoms with van der Waals surface area (Å²) in [5.74, 6) is -0.341. The zero-order valence-electron chi connectivity index (χ0n) is 7.76. The first kappa shape index (κ1) is 11.3. The number of hydrogen-bond donors (Lipinski definition) is 1. The number of hydrogen-bond acceptors (Lipinski definition) is 1. The van der Waals surface area contributed by atoms with Crippen LogP contribution in [-0.4, -0.2) is 5.91 Å². The van der Waals surface area contributed by atoms with Crippen LogP contribution >= 0.6 is 23.2 Å². The molecule has 0 aromatic heterocycles. The average molecular weight is 232 g/mol. The number of carbonyl (C=O) groups is 1. The molecule has 0 spiro atoms. The van der Waals surface area contributed by atoms with Gasteiger partial charge >= 0.3 is 0 Å². The largest absolute Gasteiger partial charge is 0.370 e. The van der Waals surface area contributed by atoms with E-state index in [1.807, 2.05) is 13.0 Å². The summed E-state index contributed by atoms with van der Waals surface area (Å²) >= 11 is 11.8. The van der Waals surface area contributed by atoms with Crippen LogP contribution in [0.15, 0.2) is 18.2 Å². The first-order valence-electron chi connectivity index (χ1n) is 4.24. The minimum atomic E-state index is -0.339. The van der Waals surface area contributed by atoms with Crippen molar-refractivity contribution in [1.82, 2.24) is 0 Å². The molecule has 1 atom stereocenters. The van der Waals surface area contributed by atoms with E-state index in [9.17, 15) is 4.79 Å². The van der Waals surface area contributed by atoms with Crippen molar-refractivity contribution in [1.29, 1.82) is 0 Å². The Kier molecular flexibility index (Phi) is 3.78. The second-order valence-electron chi connectivity index (χ2n) is 3.21. The monoisotopic (exact) mass is 231 g/mol. The maximum Gasteiger partial charge on any atom is 0.218 e. The summed E-state index contributed by atoms with van der Waals surface area (Å²) in [6.07, 6.45) is 0.278.